The van der Waals surface area contributed by atoms with E-state index < -0.39 is 0 Å². The zero-order valence-corrected chi connectivity index (χ0v) is 25.2. The Bertz CT molecular complexity index is 2800. The topological polar surface area (TPSA) is 36.1 Å². The second-order valence-corrected chi connectivity index (χ2v) is 12.4. The van der Waals surface area contributed by atoms with Crippen LogP contribution in [0.15, 0.2) is 124 Å². The standard InChI is InChI=1S/C41H30N2O2/c1-3-42-32-16-8-5-14-28(32)39-25(21-38-40(41(39)42)29-15-7-11-19-36(29)45-38)20-24(2)43-33-17-9-4-12-26(33)30-22-31-27-13-6-10-18-35(27)44-37(31)23-34(30)43/h4-19,21-24H,3,20H2,1-2H3. The fraction of sp³-hybridized carbons (Fsp3) is 0.122. The van der Waals surface area contributed by atoms with Gasteiger partial charge in [0, 0.05) is 67.4 Å². The van der Waals surface area contributed by atoms with Crippen molar-refractivity contribution in [3.05, 3.63) is 121 Å². The Balaban J connectivity index is 1.25. The quantitative estimate of drug-likeness (QED) is 0.207. The molecule has 4 aromatic heterocycles. The summed E-state index contributed by atoms with van der Waals surface area (Å²) in [5.74, 6) is 0. The number of rotatable bonds is 4. The highest BCUT2D eigenvalue weighted by atomic mass is 16.3. The number of nitrogens with zero attached hydrogens (tertiary/aromatic N) is 2. The van der Waals surface area contributed by atoms with Gasteiger partial charge in [-0.15, -0.1) is 0 Å². The number of hydrogen-bond donors (Lipinski definition) is 0. The summed E-state index contributed by atoms with van der Waals surface area (Å²) in [4.78, 5) is 0. The molecule has 0 saturated heterocycles. The molecule has 0 aliphatic rings. The van der Waals surface area contributed by atoms with Crippen LogP contribution in [0.1, 0.15) is 25.5 Å². The van der Waals surface area contributed by atoms with Gasteiger partial charge < -0.3 is 18.0 Å². The van der Waals surface area contributed by atoms with E-state index in [0.29, 0.717) is 0 Å². The molecule has 4 nitrogen and oxygen atoms in total. The number of para-hydroxylation sites is 4. The van der Waals surface area contributed by atoms with Gasteiger partial charge >= 0.3 is 0 Å². The van der Waals surface area contributed by atoms with Crippen molar-refractivity contribution < 1.29 is 8.83 Å². The molecule has 0 N–H and O–H groups in total. The van der Waals surface area contributed by atoms with Crippen molar-refractivity contribution in [1.29, 1.82) is 0 Å². The average Bonchev–Trinajstić information content (AvgIpc) is 3.80. The van der Waals surface area contributed by atoms with Gasteiger partial charge in [0.25, 0.3) is 0 Å². The molecule has 10 rings (SSSR count). The zero-order chi connectivity index (χ0) is 29.8. The lowest BCUT2D eigenvalue weighted by molar-refractivity contribution is 0.579. The Morgan fingerprint density at radius 2 is 1.18 bits per heavy atom. The second-order valence-electron chi connectivity index (χ2n) is 12.4. The average molecular weight is 583 g/mol. The van der Waals surface area contributed by atoms with Crippen LogP contribution in [0.25, 0.3) is 87.5 Å². The summed E-state index contributed by atoms with van der Waals surface area (Å²) in [6.07, 6.45) is 0.854. The molecule has 1 unspecified atom stereocenters. The molecule has 0 saturated carbocycles. The molecule has 0 radical (unpaired) electrons. The Morgan fingerprint density at radius 3 is 1.98 bits per heavy atom. The second kappa shape index (κ2) is 9.02. The van der Waals surface area contributed by atoms with Crippen LogP contribution >= 0.6 is 0 Å². The summed E-state index contributed by atoms with van der Waals surface area (Å²) in [5, 5.41) is 9.87. The van der Waals surface area contributed by atoms with Crippen molar-refractivity contribution in [3.63, 3.8) is 0 Å². The van der Waals surface area contributed by atoms with Crippen molar-refractivity contribution in [2.75, 3.05) is 0 Å². The summed E-state index contributed by atoms with van der Waals surface area (Å²) in [5.41, 5.74) is 10.0. The molecule has 6 aromatic carbocycles. The van der Waals surface area contributed by atoms with Gasteiger partial charge in [0.05, 0.1) is 16.4 Å². The van der Waals surface area contributed by atoms with Crippen molar-refractivity contribution in [2.24, 2.45) is 0 Å². The van der Waals surface area contributed by atoms with Gasteiger partial charge in [-0.3, -0.25) is 0 Å². The van der Waals surface area contributed by atoms with E-state index in [1.54, 1.807) is 0 Å². The first kappa shape index (κ1) is 24.9. The highest BCUT2D eigenvalue weighted by molar-refractivity contribution is 6.25. The minimum Gasteiger partial charge on any atom is -0.456 e. The number of fused-ring (bicyclic) bond motifs is 13. The molecular weight excluding hydrogens is 552 g/mol. The summed E-state index contributed by atoms with van der Waals surface area (Å²) in [7, 11) is 0. The van der Waals surface area contributed by atoms with Gasteiger partial charge in [-0.1, -0.05) is 72.8 Å². The third kappa shape index (κ3) is 3.31. The fourth-order valence-electron chi connectivity index (χ4n) is 8.12. The van der Waals surface area contributed by atoms with Gasteiger partial charge in [0.15, 0.2) is 0 Å². The maximum absolute atomic E-state index is 6.55. The van der Waals surface area contributed by atoms with E-state index in [9.17, 15) is 0 Å². The van der Waals surface area contributed by atoms with Crippen LogP contribution in [0.4, 0.5) is 0 Å². The van der Waals surface area contributed by atoms with E-state index in [4.69, 9.17) is 8.83 Å². The first-order valence-electron chi connectivity index (χ1n) is 15.9. The van der Waals surface area contributed by atoms with Gasteiger partial charge in [-0.25, -0.2) is 0 Å². The Kier molecular flexibility index (Phi) is 4.99. The van der Waals surface area contributed by atoms with E-state index in [1.165, 1.54) is 59.9 Å². The van der Waals surface area contributed by atoms with E-state index >= 15 is 0 Å². The maximum Gasteiger partial charge on any atom is 0.137 e. The first-order chi connectivity index (χ1) is 22.2. The van der Waals surface area contributed by atoms with Gasteiger partial charge in [0.2, 0.25) is 0 Å². The largest absolute Gasteiger partial charge is 0.456 e. The van der Waals surface area contributed by atoms with Crippen LogP contribution in [-0.2, 0) is 13.0 Å². The lowest BCUT2D eigenvalue weighted by Gasteiger charge is -2.18. The SMILES string of the molecule is CCn1c2ccccc2c2c(CC(C)n3c4ccccc4c4cc5c(cc43)oc3ccccc35)cc3oc4ccccc4c3c21. The molecule has 0 amide bonds. The summed E-state index contributed by atoms with van der Waals surface area (Å²) >= 11 is 0. The first-order valence-corrected chi connectivity index (χ1v) is 15.9. The highest BCUT2D eigenvalue weighted by Crippen LogP contribution is 2.43. The number of aryl methyl sites for hydroxylation is 1. The van der Waals surface area contributed by atoms with E-state index in [1.807, 2.05) is 6.07 Å². The lowest BCUT2D eigenvalue weighted by atomic mass is 9.97. The summed E-state index contributed by atoms with van der Waals surface area (Å²) in [6.45, 7) is 5.48. The minimum atomic E-state index is 0.169. The third-order valence-electron chi connectivity index (χ3n) is 9.94. The number of hydrogen-bond acceptors (Lipinski definition) is 2. The molecule has 4 heterocycles. The molecule has 0 aliphatic carbocycles. The van der Waals surface area contributed by atoms with Crippen molar-refractivity contribution in [3.8, 4) is 0 Å². The number of benzene rings is 6. The van der Waals surface area contributed by atoms with Crippen molar-refractivity contribution in [1.82, 2.24) is 9.13 Å². The van der Waals surface area contributed by atoms with Gasteiger partial charge in [-0.2, -0.15) is 0 Å². The zero-order valence-electron chi connectivity index (χ0n) is 25.2. The van der Waals surface area contributed by atoms with E-state index in [2.05, 4.69) is 132 Å². The number of aromatic nitrogens is 2. The van der Waals surface area contributed by atoms with Crippen molar-refractivity contribution >= 4 is 87.5 Å². The molecule has 0 bridgehead atoms. The third-order valence-corrected chi connectivity index (χ3v) is 9.94. The van der Waals surface area contributed by atoms with Gasteiger partial charge in [0.1, 0.15) is 22.3 Å². The fourth-order valence-corrected chi connectivity index (χ4v) is 8.12. The normalized spacial score (nSPS) is 13.2. The molecule has 216 valence electrons. The molecule has 0 spiro atoms. The van der Waals surface area contributed by atoms with E-state index in [-0.39, 0.29) is 6.04 Å². The lowest BCUT2D eigenvalue weighted by Crippen LogP contribution is -2.08. The van der Waals surface area contributed by atoms with Crippen LogP contribution in [0, 0.1) is 0 Å². The summed E-state index contributed by atoms with van der Waals surface area (Å²) < 4.78 is 17.9. The smallest absolute Gasteiger partial charge is 0.137 e. The minimum absolute atomic E-state index is 0.169. The Labute approximate surface area is 258 Å². The maximum atomic E-state index is 6.55. The molecule has 1 atom stereocenters. The van der Waals surface area contributed by atoms with Crippen LogP contribution < -0.4 is 0 Å². The molecule has 0 aliphatic heterocycles. The highest BCUT2D eigenvalue weighted by Gasteiger charge is 2.24. The van der Waals surface area contributed by atoms with Crippen LogP contribution in [0.3, 0.4) is 0 Å². The predicted molar refractivity (Wildman–Crippen MR) is 188 cm³/mol. The number of furan rings is 2. The van der Waals surface area contributed by atoms with Gasteiger partial charge in [-0.05, 0) is 62.2 Å². The van der Waals surface area contributed by atoms with Crippen LogP contribution in [0.2, 0.25) is 0 Å². The molecule has 4 heteroatoms. The predicted octanol–water partition coefficient (Wildman–Crippen LogP) is 11.5. The van der Waals surface area contributed by atoms with Crippen LogP contribution in [-0.4, -0.2) is 9.13 Å². The molecule has 0 fully saturated rings. The Hall–Kier alpha value is -5.48. The van der Waals surface area contributed by atoms with Crippen molar-refractivity contribution in [2.45, 2.75) is 32.9 Å². The summed E-state index contributed by atoms with van der Waals surface area (Å²) in [6, 6.07) is 41.5. The molecule has 45 heavy (non-hydrogen) atoms. The molecule has 10 aromatic rings. The van der Waals surface area contributed by atoms with Crippen LogP contribution in [0.5, 0.6) is 0 Å². The monoisotopic (exact) mass is 582 g/mol. The molecular formula is C41H30N2O2. The van der Waals surface area contributed by atoms with E-state index in [0.717, 1.165) is 46.1 Å². The Morgan fingerprint density at radius 1 is 0.533 bits per heavy atom.